The molecule has 7 heteroatoms. The van der Waals surface area contributed by atoms with Crippen molar-refractivity contribution >= 4 is 20.9 Å². The lowest BCUT2D eigenvalue weighted by molar-refractivity contribution is 0.273. The monoisotopic (exact) mass is 396 g/mol. The van der Waals surface area contributed by atoms with Crippen LogP contribution < -0.4 is 0 Å². The smallest absolute Gasteiger partial charge is 0.243 e. The second kappa shape index (κ2) is 7.95. The maximum atomic E-state index is 13.2. The summed E-state index contributed by atoms with van der Waals surface area (Å²) in [6, 6.07) is 12.9. The van der Waals surface area contributed by atoms with E-state index in [2.05, 4.69) is 28.0 Å². The highest BCUT2D eigenvalue weighted by molar-refractivity contribution is 7.89. The minimum atomic E-state index is -3.53. The fourth-order valence-corrected chi connectivity index (χ4v) is 5.64. The number of aromatic nitrogens is 2. The molecule has 146 valence electrons. The van der Waals surface area contributed by atoms with Crippen molar-refractivity contribution in [3.8, 4) is 0 Å². The predicted octanol–water partition coefficient (Wildman–Crippen LogP) is 2.77. The van der Waals surface area contributed by atoms with Crippen LogP contribution in [0.15, 0.2) is 66.0 Å². The molecule has 28 heavy (non-hydrogen) atoms. The second-order valence-corrected chi connectivity index (χ2v) is 9.31. The van der Waals surface area contributed by atoms with Gasteiger partial charge in [0.15, 0.2) is 0 Å². The summed E-state index contributed by atoms with van der Waals surface area (Å²) in [5.41, 5.74) is 1.87. The molecule has 0 spiro atoms. The number of pyridine rings is 2. The fraction of sp³-hybridized carbons (Fsp3) is 0.333. The maximum Gasteiger partial charge on any atom is 0.243 e. The van der Waals surface area contributed by atoms with Crippen LogP contribution >= 0.6 is 0 Å². The van der Waals surface area contributed by atoms with Gasteiger partial charge in [-0.25, -0.2) is 8.42 Å². The summed E-state index contributed by atoms with van der Waals surface area (Å²) in [5.74, 6) is 0.324. The van der Waals surface area contributed by atoms with Gasteiger partial charge >= 0.3 is 0 Å². The highest BCUT2D eigenvalue weighted by atomic mass is 32.2. The zero-order chi connectivity index (χ0) is 19.6. The third-order valence-corrected chi connectivity index (χ3v) is 7.14. The fourth-order valence-electron chi connectivity index (χ4n) is 3.91. The Bertz CT molecular complexity index is 1050. The Hall–Kier alpha value is -2.35. The van der Waals surface area contributed by atoms with Crippen molar-refractivity contribution in [1.82, 2.24) is 19.2 Å². The van der Waals surface area contributed by atoms with Gasteiger partial charge in [-0.05, 0) is 55.3 Å². The van der Waals surface area contributed by atoms with E-state index in [0.29, 0.717) is 34.8 Å². The minimum absolute atomic E-state index is 0.324. The van der Waals surface area contributed by atoms with Gasteiger partial charge in [0.1, 0.15) is 0 Å². The van der Waals surface area contributed by atoms with Crippen molar-refractivity contribution in [2.24, 2.45) is 5.92 Å². The number of rotatable bonds is 6. The van der Waals surface area contributed by atoms with Crippen molar-refractivity contribution in [2.45, 2.75) is 17.9 Å². The standard InChI is InChI=1S/C21H24N4O2S/c1-24(14-17-5-3-10-22-13-17)15-18-9-12-25(16-18)28(26,27)21-8-2-7-20-19(21)6-4-11-23-20/h2-8,10-11,13,18H,9,12,14-16H2,1H3. The molecule has 1 aliphatic rings. The van der Waals surface area contributed by atoms with Crippen molar-refractivity contribution in [1.29, 1.82) is 0 Å². The van der Waals surface area contributed by atoms with E-state index in [1.165, 1.54) is 0 Å². The molecule has 1 fully saturated rings. The van der Waals surface area contributed by atoms with Crippen molar-refractivity contribution in [2.75, 3.05) is 26.7 Å². The molecule has 1 aromatic carbocycles. The SMILES string of the molecule is CN(Cc1cccnc1)CC1CCN(S(=O)(=O)c2cccc3ncccc23)C1. The lowest BCUT2D eigenvalue weighted by Crippen LogP contribution is -2.31. The van der Waals surface area contributed by atoms with E-state index in [1.54, 1.807) is 34.9 Å². The number of fused-ring (bicyclic) bond motifs is 1. The molecule has 6 nitrogen and oxygen atoms in total. The summed E-state index contributed by atoms with van der Waals surface area (Å²) in [6.45, 7) is 2.78. The van der Waals surface area contributed by atoms with E-state index in [0.717, 1.165) is 25.1 Å². The first-order chi connectivity index (χ1) is 13.5. The van der Waals surface area contributed by atoms with E-state index in [1.807, 2.05) is 24.4 Å². The normalized spacial score (nSPS) is 18.1. The Morgan fingerprint density at radius 2 is 2.00 bits per heavy atom. The summed E-state index contributed by atoms with van der Waals surface area (Å²) < 4.78 is 28.1. The Kier molecular flexibility index (Phi) is 5.39. The quantitative estimate of drug-likeness (QED) is 0.641. The first-order valence-corrected chi connectivity index (χ1v) is 10.9. The first-order valence-electron chi connectivity index (χ1n) is 9.45. The Labute approximate surface area is 165 Å². The first kappa shape index (κ1) is 19.0. The van der Waals surface area contributed by atoms with Gasteiger partial charge in [0.25, 0.3) is 0 Å². The van der Waals surface area contributed by atoms with E-state index in [9.17, 15) is 8.42 Å². The van der Waals surface area contributed by atoms with Crippen LogP contribution in [-0.2, 0) is 16.6 Å². The molecule has 0 amide bonds. The maximum absolute atomic E-state index is 13.2. The number of nitrogens with zero attached hydrogens (tertiary/aromatic N) is 4. The van der Waals surface area contributed by atoms with Crippen LogP contribution in [0.2, 0.25) is 0 Å². The molecule has 0 aliphatic carbocycles. The third kappa shape index (κ3) is 3.92. The van der Waals surface area contributed by atoms with Crippen molar-refractivity contribution < 1.29 is 8.42 Å². The highest BCUT2D eigenvalue weighted by Crippen LogP contribution is 2.29. The van der Waals surface area contributed by atoms with Crippen LogP contribution in [0.3, 0.4) is 0 Å². The van der Waals surface area contributed by atoms with Gasteiger partial charge in [0.05, 0.1) is 10.4 Å². The molecule has 3 heterocycles. The van der Waals surface area contributed by atoms with Crippen molar-refractivity contribution in [3.63, 3.8) is 0 Å². The Morgan fingerprint density at radius 3 is 2.82 bits per heavy atom. The third-order valence-electron chi connectivity index (χ3n) is 5.22. The Morgan fingerprint density at radius 1 is 1.14 bits per heavy atom. The van der Waals surface area contributed by atoms with Gasteiger partial charge < -0.3 is 4.90 Å². The predicted molar refractivity (Wildman–Crippen MR) is 109 cm³/mol. The number of benzene rings is 1. The summed E-state index contributed by atoms with van der Waals surface area (Å²) >= 11 is 0. The molecule has 2 aromatic heterocycles. The lowest BCUT2D eigenvalue weighted by atomic mass is 10.1. The van der Waals surface area contributed by atoms with Crippen LogP contribution in [0.5, 0.6) is 0 Å². The molecule has 0 radical (unpaired) electrons. The van der Waals surface area contributed by atoms with Gasteiger partial charge in [0, 0.05) is 50.2 Å². The van der Waals surface area contributed by atoms with Crippen LogP contribution in [-0.4, -0.2) is 54.3 Å². The lowest BCUT2D eigenvalue weighted by Gasteiger charge is -2.22. The zero-order valence-electron chi connectivity index (χ0n) is 15.9. The van der Waals surface area contributed by atoms with Crippen LogP contribution in [0.4, 0.5) is 0 Å². The molecule has 1 saturated heterocycles. The molecule has 0 N–H and O–H groups in total. The zero-order valence-corrected chi connectivity index (χ0v) is 16.7. The van der Waals surface area contributed by atoms with E-state index >= 15 is 0 Å². The number of hydrogen-bond donors (Lipinski definition) is 0. The van der Waals surface area contributed by atoms with Gasteiger partial charge in [-0.2, -0.15) is 4.31 Å². The molecule has 1 aliphatic heterocycles. The highest BCUT2D eigenvalue weighted by Gasteiger charge is 2.33. The van der Waals surface area contributed by atoms with Gasteiger partial charge in [-0.3, -0.25) is 9.97 Å². The second-order valence-electron chi connectivity index (χ2n) is 7.40. The molecule has 3 aromatic rings. The van der Waals surface area contributed by atoms with Crippen LogP contribution in [0.1, 0.15) is 12.0 Å². The van der Waals surface area contributed by atoms with Crippen molar-refractivity contribution in [3.05, 3.63) is 66.6 Å². The molecule has 0 bridgehead atoms. The molecule has 1 unspecified atom stereocenters. The topological polar surface area (TPSA) is 66.4 Å². The molecular formula is C21H24N4O2S. The van der Waals surface area contributed by atoms with E-state index in [4.69, 9.17) is 0 Å². The molecule has 4 rings (SSSR count). The van der Waals surface area contributed by atoms with E-state index < -0.39 is 10.0 Å². The van der Waals surface area contributed by atoms with Gasteiger partial charge in [0.2, 0.25) is 10.0 Å². The summed E-state index contributed by atoms with van der Waals surface area (Å²) in [7, 11) is -1.46. The summed E-state index contributed by atoms with van der Waals surface area (Å²) in [6.07, 6.45) is 6.20. The largest absolute Gasteiger partial charge is 0.302 e. The summed E-state index contributed by atoms with van der Waals surface area (Å²) in [4.78, 5) is 11.0. The van der Waals surface area contributed by atoms with Crippen LogP contribution in [0, 0.1) is 5.92 Å². The number of sulfonamides is 1. The van der Waals surface area contributed by atoms with Gasteiger partial charge in [-0.15, -0.1) is 0 Å². The summed E-state index contributed by atoms with van der Waals surface area (Å²) in [5, 5.41) is 0.683. The number of hydrogen-bond acceptors (Lipinski definition) is 5. The Balaban J connectivity index is 1.46. The molecule has 1 atom stereocenters. The minimum Gasteiger partial charge on any atom is -0.302 e. The van der Waals surface area contributed by atoms with E-state index in [-0.39, 0.29) is 0 Å². The average Bonchev–Trinajstić information content (AvgIpc) is 3.17. The van der Waals surface area contributed by atoms with Gasteiger partial charge in [-0.1, -0.05) is 12.1 Å². The molecule has 0 saturated carbocycles. The average molecular weight is 397 g/mol. The van der Waals surface area contributed by atoms with Crippen LogP contribution in [0.25, 0.3) is 10.9 Å². The molecular weight excluding hydrogens is 372 g/mol.